The van der Waals surface area contributed by atoms with E-state index >= 15 is 0 Å². The molecule has 0 unspecified atom stereocenters. The fourth-order valence-electron chi connectivity index (χ4n) is 2.88. The molecular weight excluding hydrogens is 322 g/mol. The molecule has 6 heteroatoms. The molecule has 1 saturated heterocycles. The van der Waals surface area contributed by atoms with Gasteiger partial charge in [0.15, 0.2) is 0 Å². The molecule has 0 radical (unpaired) electrons. The summed E-state index contributed by atoms with van der Waals surface area (Å²) >= 11 is 1.77. The third-order valence-electron chi connectivity index (χ3n) is 4.33. The molecule has 2 aromatic rings. The third-order valence-corrected chi connectivity index (χ3v) is 5.36. The minimum absolute atomic E-state index is 0.818. The molecule has 130 valence electrons. The first-order chi connectivity index (χ1) is 11.8. The lowest BCUT2D eigenvalue weighted by atomic mass is 10.2. The number of ether oxygens (including phenoxy) is 2. The number of benzene rings is 1. The van der Waals surface area contributed by atoms with Crippen LogP contribution in [0.15, 0.2) is 30.5 Å². The molecule has 2 heterocycles. The van der Waals surface area contributed by atoms with Gasteiger partial charge in [-0.15, -0.1) is 11.3 Å². The van der Waals surface area contributed by atoms with Crippen LogP contribution in [0.3, 0.4) is 0 Å². The molecule has 0 spiro atoms. The fraction of sp³-hybridized carbons (Fsp3) is 0.500. The largest absolute Gasteiger partial charge is 0.497 e. The number of methoxy groups -OCH3 is 2. The van der Waals surface area contributed by atoms with E-state index in [1.165, 1.54) is 4.88 Å². The molecule has 1 fully saturated rings. The van der Waals surface area contributed by atoms with E-state index < -0.39 is 0 Å². The Bertz CT molecular complexity index is 639. The summed E-state index contributed by atoms with van der Waals surface area (Å²) in [6, 6.07) is 8.09. The van der Waals surface area contributed by atoms with Crippen molar-refractivity contribution >= 4 is 11.3 Å². The zero-order valence-corrected chi connectivity index (χ0v) is 15.2. The van der Waals surface area contributed by atoms with Gasteiger partial charge in [0.25, 0.3) is 0 Å². The topological polar surface area (TPSA) is 37.8 Å². The predicted octanol–water partition coefficient (Wildman–Crippen LogP) is 2.58. The molecule has 0 N–H and O–H groups in total. The molecule has 1 aliphatic heterocycles. The fourth-order valence-corrected chi connectivity index (χ4v) is 3.83. The van der Waals surface area contributed by atoms with Crippen LogP contribution in [0.5, 0.6) is 5.75 Å². The quantitative estimate of drug-likeness (QED) is 0.770. The maximum absolute atomic E-state index is 5.30. The van der Waals surface area contributed by atoms with E-state index in [9.17, 15) is 0 Å². The van der Waals surface area contributed by atoms with Crippen LogP contribution in [0.4, 0.5) is 0 Å². The van der Waals surface area contributed by atoms with Crippen molar-refractivity contribution < 1.29 is 9.47 Å². The van der Waals surface area contributed by atoms with Crippen molar-refractivity contribution in [2.75, 3.05) is 53.6 Å². The Morgan fingerprint density at radius 2 is 1.92 bits per heavy atom. The normalized spacial score (nSPS) is 16.4. The maximum atomic E-state index is 5.30. The van der Waals surface area contributed by atoms with Gasteiger partial charge < -0.3 is 9.47 Å². The Morgan fingerprint density at radius 1 is 1.12 bits per heavy atom. The van der Waals surface area contributed by atoms with Gasteiger partial charge in [-0.2, -0.15) is 0 Å². The first-order valence-corrected chi connectivity index (χ1v) is 9.13. The zero-order valence-electron chi connectivity index (χ0n) is 14.4. The molecule has 1 aromatic heterocycles. The highest BCUT2D eigenvalue weighted by atomic mass is 32.1. The van der Waals surface area contributed by atoms with Crippen molar-refractivity contribution in [2.45, 2.75) is 6.54 Å². The van der Waals surface area contributed by atoms with Gasteiger partial charge in [-0.25, -0.2) is 4.98 Å². The van der Waals surface area contributed by atoms with E-state index in [0.717, 1.165) is 62.2 Å². The highest BCUT2D eigenvalue weighted by molar-refractivity contribution is 7.15. The number of thiazole rings is 1. The van der Waals surface area contributed by atoms with Crippen LogP contribution in [0.25, 0.3) is 10.6 Å². The Labute approximate surface area is 147 Å². The SMILES string of the molecule is COCCN1CCN(Cc2cnc(-c3cccc(OC)c3)s2)CC1. The van der Waals surface area contributed by atoms with Crippen LogP contribution >= 0.6 is 11.3 Å². The molecule has 0 saturated carbocycles. The number of piperazine rings is 1. The number of rotatable bonds is 7. The maximum Gasteiger partial charge on any atom is 0.123 e. The average molecular weight is 347 g/mol. The van der Waals surface area contributed by atoms with Crippen LogP contribution in [-0.4, -0.2) is 68.3 Å². The second-order valence-corrected chi connectivity index (χ2v) is 7.09. The standard InChI is InChI=1S/C18H25N3O2S/c1-22-11-10-20-6-8-21(9-7-20)14-17-13-19-18(24-17)15-4-3-5-16(12-15)23-2/h3-5,12-13H,6-11,14H2,1-2H3. The summed E-state index contributed by atoms with van der Waals surface area (Å²) in [6.45, 7) is 7.28. The van der Waals surface area contributed by atoms with Crippen LogP contribution in [0, 0.1) is 0 Å². The van der Waals surface area contributed by atoms with Crippen molar-refractivity contribution in [3.63, 3.8) is 0 Å². The number of hydrogen-bond acceptors (Lipinski definition) is 6. The van der Waals surface area contributed by atoms with E-state index in [1.807, 2.05) is 24.4 Å². The summed E-state index contributed by atoms with van der Waals surface area (Å²) < 4.78 is 10.5. The summed E-state index contributed by atoms with van der Waals surface area (Å²) in [5.41, 5.74) is 1.12. The molecule has 3 rings (SSSR count). The first kappa shape index (κ1) is 17.4. The summed E-state index contributed by atoms with van der Waals surface area (Å²) in [5, 5.41) is 1.06. The Kier molecular flexibility index (Phi) is 6.20. The van der Waals surface area contributed by atoms with Crippen molar-refractivity contribution in [2.24, 2.45) is 0 Å². The van der Waals surface area contributed by atoms with Gasteiger partial charge in [0, 0.05) is 63.0 Å². The van der Waals surface area contributed by atoms with E-state index in [0.29, 0.717) is 0 Å². The molecule has 0 aliphatic carbocycles. The van der Waals surface area contributed by atoms with Crippen molar-refractivity contribution in [3.05, 3.63) is 35.3 Å². The second kappa shape index (κ2) is 8.58. The van der Waals surface area contributed by atoms with Crippen molar-refractivity contribution in [1.29, 1.82) is 0 Å². The van der Waals surface area contributed by atoms with Crippen LogP contribution in [-0.2, 0) is 11.3 Å². The van der Waals surface area contributed by atoms with E-state index in [1.54, 1.807) is 25.6 Å². The van der Waals surface area contributed by atoms with E-state index in [2.05, 4.69) is 20.9 Å². The highest BCUT2D eigenvalue weighted by Gasteiger charge is 2.17. The number of hydrogen-bond donors (Lipinski definition) is 0. The van der Waals surface area contributed by atoms with Gasteiger partial charge in [-0.05, 0) is 12.1 Å². The minimum atomic E-state index is 0.818. The number of aromatic nitrogens is 1. The van der Waals surface area contributed by atoms with Crippen molar-refractivity contribution in [3.8, 4) is 16.3 Å². The lowest BCUT2D eigenvalue weighted by Gasteiger charge is -2.34. The second-order valence-electron chi connectivity index (χ2n) is 5.97. The molecule has 5 nitrogen and oxygen atoms in total. The van der Waals surface area contributed by atoms with Crippen LogP contribution in [0.2, 0.25) is 0 Å². The first-order valence-electron chi connectivity index (χ1n) is 8.31. The van der Waals surface area contributed by atoms with Gasteiger partial charge in [0.2, 0.25) is 0 Å². The van der Waals surface area contributed by atoms with Gasteiger partial charge in [-0.1, -0.05) is 12.1 Å². The predicted molar refractivity (Wildman–Crippen MR) is 97.7 cm³/mol. The minimum Gasteiger partial charge on any atom is -0.497 e. The zero-order chi connectivity index (χ0) is 16.8. The molecule has 24 heavy (non-hydrogen) atoms. The molecule has 1 aliphatic rings. The van der Waals surface area contributed by atoms with Crippen LogP contribution in [0.1, 0.15) is 4.88 Å². The lowest BCUT2D eigenvalue weighted by molar-refractivity contribution is 0.0942. The summed E-state index contributed by atoms with van der Waals surface area (Å²) in [5.74, 6) is 0.872. The molecule has 0 atom stereocenters. The number of nitrogens with zero attached hydrogens (tertiary/aromatic N) is 3. The van der Waals surface area contributed by atoms with Gasteiger partial charge in [0.05, 0.1) is 13.7 Å². The Morgan fingerprint density at radius 3 is 2.67 bits per heavy atom. The summed E-state index contributed by atoms with van der Waals surface area (Å²) in [6.07, 6.45) is 2.01. The molecule has 1 aromatic carbocycles. The average Bonchev–Trinajstić information content (AvgIpc) is 3.10. The van der Waals surface area contributed by atoms with Gasteiger partial charge in [-0.3, -0.25) is 9.80 Å². The third kappa shape index (κ3) is 4.54. The molecular formula is C18H25N3O2S. The summed E-state index contributed by atoms with van der Waals surface area (Å²) in [7, 11) is 3.46. The van der Waals surface area contributed by atoms with E-state index in [4.69, 9.17) is 9.47 Å². The van der Waals surface area contributed by atoms with E-state index in [-0.39, 0.29) is 0 Å². The van der Waals surface area contributed by atoms with Crippen LogP contribution < -0.4 is 4.74 Å². The molecule has 0 bridgehead atoms. The van der Waals surface area contributed by atoms with Crippen molar-refractivity contribution in [1.82, 2.24) is 14.8 Å². The molecule has 0 amide bonds. The van der Waals surface area contributed by atoms with Gasteiger partial charge in [0.1, 0.15) is 10.8 Å². The lowest BCUT2D eigenvalue weighted by Crippen LogP contribution is -2.46. The Hall–Kier alpha value is -1.47. The monoisotopic (exact) mass is 347 g/mol. The Balaban J connectivity index is 1.55. The highest BCUT2D eigenvalue weighted by Crippen LogP contribution is 2.28. The summed E-state index contributed by atoms with van der Waals surface area (Å²) in [4.78, 5) is 10.9. The smallest absolute Gasteiger partial charge is 0.123 e. The van der Waals surface area contributed by atoms with Gasteiger partial charge >= 0.3 is 0 Å².